The molecule has 0 fully saturated rings. The van der Waals surface area contributed by atoms with Crippen LogP contribution >= 0.6 is 0 Å². The molecule has 6 nitrogen and oxygen atoms in total. The summed E-state index contributed by atoms with van der Waals surface area (Å²) >= 11 is 0. The van der Waals surface area contributed by atoms with Gasteiger partial charge in [0.25, 0.3) is 10.0 Å². The largest absolute Gasteiger partial charge is 0.383 e. The van der Waals surface area contributed by atoms with E-state index in [1.54, 1.807) is 7.11 Å². The van der Waals surface area contributed by atoms with Crippen LogP contribution in [-0.4, -0.2) is 43.2 Å². The molecule has 1 aromatic heterocycles. The summed E-state index contributed by atoms with van der Waals surface area (Å²) in [6, 6.07) is 10.9. The van der Waals surface area contributed by atoms with Crippen molar-refractivity contribution in [1.82, 2.24) is 14.5 Å². The lowest BCUT2D eigenvalue weighted by Crippen LogP contribution is -2.33. The lowest BCUT2D eigenvalue weighted by Gasteiger charge is -2.21. The molecule has 0 aliphatic heterocycles. The number of rotatable bonds is 7. The Hall–Kier alpha value is -1.70. The van der Waals surface area contributed by atoms with Gasteiger partial charge in [0.05, 0.1) is 12.8 Å². The van der Waals surface area contributed by atoms with Gasteiger partial charge in [-0.2, -0.15) is 9.40 Å². The van der Waals surface area contributed by atoms with Crippen molar-refractivity contribution in [2.75, 3.05) is 20.3 Å². The number of nitrogens with zero attached hydrogens (tertiary/aromatic N) is 2. The van der Waals surface area contributed by atoms with Crippen LogP contribution in [0.3, 0.4) is 0 Å². The van der Waals surface area contributed by atoms with E-state index in [-0.39, 0.29) is 11.6 Å². The number of hydrogen-bond donors (Lipinski definition) is 1. The number of aromatic nitrogens is 2. The van der Waals surface area contributed by atoms with Crippen molar-refractivity contribution in [3.05, 3.63) is 48.2 Å². The predicted octanol–water partition coefficient (Wildman–Crippen LogP) is 1.25. The maximum absolute atomic E-state index is 12.5. The van der Waals surface area contributed by atoms with Crippen molar-refractivity contribution in [2.24, 2.45) is 0 Å². The Kier molecular flexibility index (Phi) is 4.89. The number of hydrogen-bond acceptors (Lipinski definition) is 4. The fraction of sp³-hybridized carbons (Fsp3) is 0.308. The van der Waals surface area contributed by atoms with E-state index in [9.17, 15) is 8.42 Å². The Labute approximate surface area is 118 Å². The topological polar surface area (TPSA) is 75.3 Å². The lowest BCUT2D eigenvalue weighted by molar-refractivity contribution is 0.177. The highest BCUT2D eigenvalue weighted by atomic mass is 32.2. The molecule has 0 amide bonds. The first-order chi connectivity index (χ1) is 9.64. The summed E-state index contributed by atoms with van der Waals surface area (Å²) in [5.41, 5.74) is 0.923. The number of aromatic amines is 1. The minimum Gasteiger partial charge on any atom is -0.383 e. The summed E-state index contributed by atoms with van der Waals surface area (Å²) in [6.07, 6.45) is 1.42. The first-order valence-electron chi connectivity index (χ1n) is 6.17. The van der Waals surface area contributed by atoms with E-state index in [1.165, 1.54) is 16.6 Å². The van der Waals surface area contributed by atoms with Crippen LogP contribution in [0.2, 0.25) is 0 Å². The van der Waals surface area contributed by atoms with Crippen molar-refractivity contribution in [2.45, 2.75) is 11.6 Å². The SMILES string of the molecule is COCCN(Cc1ccccc1)S(=O)(=O)c1ccn[nH]1. The highest BCUT2D eigenvalue weighted by Gasteiger charge is 2.25. The molecule has 108 valence electrons. The van der Waals surface area contributed by atoms with Crippen molar-refractivity contribution in [3.63, 3.8) is 0 Å². The normalized spacial score (nSPS) is 11.9. The number of ether oxygens (including phenoxy) is 1. The third-order valence-corrected chi connectivity index (χ3v) is 4.61. The van der Waals surface area contributed by atoms with Gasteiger partial charge in [0.1, 0.15) is 0 Å². The van der Waals surface area contributed by atoms with Gasteiger partial charge in [0.15, 0.2) is 5.03 Å². The minimum atomic E-state index is -3.59. The first-order valence-corrected chi connectivity index (χ1v) is 7.61. The average Bonchev–Trinajstić information content (AvgIpc) is 2.99. The molecule has 0 aliphatic rings. The van der Waals surface area contributed by atoms with Gasteiger partial charge in [-0.25, -0.2) is 8.42 Å². The Morgan fingerprint density at radius 2 is 2.00 bits per heavy atom. The molecule has 0 saturated carbocycles. The van der Waals surface area contributed by atoms with Crippen LogP contribution < -0.4 is 0 Å². The molecule has 1 heterocycles. The Bertz CT molecular complexity index is 612. The molecule has 0 bridgehead atoms. The lowest BCUT2D eigenvalue weighted by atomic mass is 10.2. The zero-order valence-electron chi connectivity index (χ0n) is 11.2. The molecule has 0 saturated heterocycles. The quantitative estimate of drug-likeness (QED) is 0.834. The Morgan fingerprint density at radius 1 is 1.25 bits per heavy atom. The number of nitrogens with one attached hydrogen (secondary N) is 1. The molecule has 0 radical (unpaired) electrons. The monoisotopic (exact) mass is 295 g/mol. The zero-order valence-corrected chi connectivity index (χ0v) is 12.0. The van der Waals surface area contributed by atoms with E-state index in [2.05, 4.69) is 10.2 Å². The second-order valence-corrected chi connectivity index (χ2v) is 6.14. The number of benzene rings is 1. The van der Waals surface area contributed by atoms with Crippen LogP contribution in [0.1, 0.15) is 5.56 Å². The summed E-state index contributed by atoms with van der Waals surface area (Å²) in [4.78, 5) is 0. The minimum absolute atomic E-state index is 0.0875. The summed E-state index contributed by atoms with van der Waals surface area (Å²) in [5, 5.41) is 6.28. The van der Waals surface area contributed by atoms with E-state index in [0.29, 0.717) is 13.2 Å². The van der Waals surface area contributed by atoms with Gasteiger partial charge in [-0.15, -0.1) is 0 Å². The van der Waals surface area contributed by atoms with Gasteiger partial charge >= 0.3 is 0 Å². The third kappa shape index (κ3) is 3.44. The van der Waals surface area contributed by atoms with E-state index in [1.807, 2.05) is 30.3 Å². The molecule has 20 heavy (non-hydrogen) atoms. The third-order valence-electron chi connectivity index (χ3n) is 2.84. The van der Waals surface area contributed by atoms with Gasteiger partial charge in [0, 0.05) is 20.2 Å². The average molecular weight is 295 g/mol. The van der Waals surface area contributed by atoms with E-state index in [0.717, 1.165) is 5.56 Å². The van der Waals surface area contributed by atoms with Crippen LogP contribution in [0.4, 0.5) is 0 Å². The molecule has 0 aliphatic carbocycles. The van der Waals surface area contributed by atoms with Crippen LogP contribution in [0, 0.1) is 0 Å². The molecular formula is C13H17N3O3S. The van der Waals surface area contributed by atoms with Gasteiger partial charge in [-0.1, -0.05) is 30.3 Å². The molecule has 1 aromatic carbocycles. The molecular weight excluding hydrogens is 278 g/mol. The van der Waals surface area contributed by atoms with Crippen molar-refractivity contribution in [1.29, 1.82) is 0 Å². The summed E-state index contributed by atoms with van der Waals surface area (Å²) in [7, 11) is -2.05. The van der Waals surface area contributed by atoms with Gasteiger partial charge < -0.3 is 4.74 Å². The van der Waals surface area contributed by atoms with E-state index >= 15 is 0 Å². The highest BCUT2D eigenvalue weighted by Crippen LogP contribution is 2.15. The van der Waals surface area contributed by atoms with Crippen LogP contribution in [-0.2, 0) is 21.3 Å². The smallest absolute Gasteiger partial charge is 0.260 e. The van der Waals surface area contributed by atoms with Gasteiger partial charge in [0.2, 0.25) is 0 Å². The summed E-state index contributed by atoms with van der Waals surface area (Å²) in [6.45, 7) is 0.915. The molecule has 2 rings (SSSR count). The molecule has 2 aromatic rings. The van der Waals surface area contributed by atoms with E-state index < -0.39 is 10.0 Å². The van der Waals surface area contributed by atoms with Crippen molar-refractivity contribution < 1.29 is 13.2 Å². The molecule has 0 spiro atoms. The highest BCUT2D eigenvalue weighted by molar-refractivity contribution is 7.89. The second kappa shape index (κ2) is 6.65. The number of H-pyrrole nitrogens is 1. The van der Waals surface area contributed by atoms with Crippen LogP contribution in [0.25, 0.3) is 0 Å². The number of methoxy groups -OCH3 is 1. The fourth-order valence-electron chi connectivity index (χ4n) is 1.79. The Morgan fingerprint density at radius 3 is 2.60 bits per heavy atom. The standard InChI is InChI=1S/C13H17N3O3S/c1-19-10-9-16(11-12-5-3-2-4-6-12)20(17,18)13-7-8-14-15-13/h2-8H,9-11H2,1H3,(H,14,15). The zero-order chi connectivity index (χ0) is 14.4. The molecule has 0 atom stereocenters. The summed E-state index contributed by atoms with van der Waals surface area (Å²) < 4.78 is 31.4. The molecule has 7 heteroatoms. The van der Waals surface area contributed by atoms with E-state index in [4.69, 9.17) is 4.74 Å². The molecule has 0 unspecified atom stereocenters. The second-order valence-electron chi connectivity index (χ2n) is 4.24. The summed E-state index contributed by atoms with van der Waals surface area (Å²) in [5.74, 6) is 0. The van der Waals surface area contributed by atoms with Crippen LogP contribution in [0.15, 0.2) is 47.6 Å². The van der Waals surface area contributed by atoms with Gasteiger partial charge in [-0.05, 0) is 11.6 Å². The maximum Gasteiger partial charge on any atom is 0.260 e. The van der Waals surface area contributed by atoms with Crippen molar-refractivity contribution >= 4 is 10.0 Å². The molecule has 1 N–H and O–H groups in total. The fourth-order valence-corrected chi connectivity index (χ4v) is 3.10. The number of sulfonamides is 1. The maximum atomic E-state index is 12.5. The van der Waals surface area contributed by atoms with Crippen LogP contribution in [0.5, 0.6) is 0 Å². The van der Waals surface area contributed by atoms with Crippen molar-refractivity contribution in [3.8, 4) is 0 Å². The van der Waals surface area contributed by atoms with Gasteiger partial charge in [-0.3, -0.25) is 5.10 Å². The predicted molar refractivity (Wildman–Crippen MR) is 74.5 cm³/mol. The Balaban J connectivity index is 2.23. The first kappa shape index (κ1) is 14.7.